The minimum atomic E-state index is -1.15. The van der Waals surface area contributed by atoms with Gasteiger partial charge in [0, 0.05) is 5.56 Å². The van der Waals surface area contributed by atoms with Crippen LogP contribution in [0.3, 0.4) is 0 Å². The molecule has 4 heteroatoms. The molecule has 1 aromatic rings. The first kappa shape index (κ1) is 9.71. The SMILES string of the molecule is CC1(C(=O)O)COC(c2ccccc2)=N1. The van der Waals surface area contributed by atoms with Crippen LogP contribution in [0.5, 0.6) is 0 Å². The Bertz CT molecular complexity index is 413. The number of benzene rings is 1. The third kappa shape index (κ3) is 1.70. The molecule has 0 aromatic heterocycles. The van der Waals surface area contributed by atoms with Crippen molar-refractivity contribution < 1.29 is 14.6 Å². The van der Waals surface area contributed by atoms with E-state index in [0.717, 1.165) is 5.56 Å². The van der Waals surface area contributed by atoms with Gasteiger partial charge in [0.25, 0.3) is 0 Å². The summed E-state index contributed by atoms with van der Waals surface area (Å²) >= 11 is 0. The minimum absolute atomic E-state index is 0.0898. The van der Waals surface area contributed by atoms with Crippen LogP contribution in [-0.4, -0.2) is 29.1 Å². The van der Waals surface area contributed by atoms with E-state index in [1.165, 1.54) is 0 Å². The van der Waals surface area contributed by atoms with Crippen molar-refractivity contribution >= 4 is 11.9 Å². The molecule has 0 radical (unpaired) electrons. The molecule has 2 rings (SSSR count). The van der Waals surface area contributed by atoms with Crippen LogP contribution in [-0.2, 0) is 9.53 Å². The summed E-state index contributed by atoms with van der Waals surface area (Å²) in [6.07, 6.45) is 0. The zero-order valence-corrected chi connectivity index (χ0v) is 8.30. The molecule has 1 heterocycles. The van der Waals surface area contributed by atoms with Crippen LogP contribution in [0.1, 0.15) is 12.5 Å². The summed E-state index contributed by atoms with van der Waals surface area (Å²) in [5.74, 6) is -0.561. The topological polar surface area (TPSA) is 58.9 Å². The molecule has 1 unspecified atom stereocenters. The van der Waals surface area contributed by atoms with Crippen molar-refractivity contribution in [3.63, 3.8) is 0 Å². The average Bonchev–Trinajstić information content (AvgIpc) is 2.64. The fourth-order valence-electron chi connectivity index (χ4n) is 1.34. The fourth-order valence-corrected chi connectivity index (χ4v) is 1.34. The molecule has 15 heavy (non-hydrogen) atoms. The first-order valence-electron chi connectivity index (χ1n) is 4.63. The molecule has 0 saturated carbocycles. The number of carboxylic acid groups (broad SMARTS) is 1. The largest absolute Gasteiger partial charge is 0.479 e. The normalized spacial score (nSPS) is 24.5. The van der Waals surface area contributed by atoms with E-state index < -0.39 is 11.5 Å². The lowest BCUT2D eigenvalue weighted by atomic mass is 10.1. The zero-order chi connectivity index (χ0) is 10.9. The highest BCUT2D eigenvalue weighted by Crippen LogP contribution is 2.21. The quantitative estimate of drug-likeness (QED) is 0.791. The maximum atomic E-state index is 10.9. The van der Waals surface area contributed by atoms with Gasteiger partial charge in [0.05, 0.1) is 0 Å². The molecule has 1 aromatic carbocycles. The van der Waals surface area contributed by atoms with E-state index >= 15 is 0 Å². The average molecular weight is 205 g/mol. The lowest BCUT2D eigenvalue weighted by molar-refractivity contribution is -0.142. The number of aliphatic imine (C=N–C) groups is 1. The first-order valence-corrected chi connectivity index (χ1v) is 4.63. The standard InChI is InChI=1S/C11H11NO3/c1-11(10(13)14)7-15-9(12-11)8-5-3-2-4-6-8/h2-6H,7H2,1H3,(H,13,14). The number of hydrogen-bond donors (Lipinski definition) is 1. The highest BCUT2D eigenvalue weighted by atomic mass is 16.5. The number of carbonyl (C=O) groups is 1. The number of rotatable bonds is 2. The van der Waals surface area contributed by atoms with Gasteiger partial charge in [-0.05, 0) is 19.1 Å². The Morgan fingerprint density at radius 1 is 1.47 bits per heavy atom. The first-order chi connectivity index (χ1) is 7.12. The molecule has 78 valence electrons. The van der Waals surface area contributed by atoms with Crippen molar-refractivity contribution in [2.75, 3.05) is 6.61 Å². The molecule has 1 aliphatic rings. The van der Waals surface area contributed by atoms with E-state index in [1.54, 1.807) is 6.92 Å². The molecule has 0 spiro atoms. The Labute approximate surface area is 87.2 Å². The third-order valence-electron chi connectivity index (χ3n) is 2.32. The predicted octanol–water partition coefficient (Wildman–Crippen LogP) is 1.31. The molecule has 0 amide bonds. The van der Waals surface area contributed by atoms with Gasteiger partial charge in [0.1, 0.15) is 6.61 Å². The second-order valence-corrected chi connectivity index (χ2v) is 3.65. The molecule has 0 bridgehead atoms. The highest BCUT2D eigenvalue weighted by molar-refractivity contribution is 5.98. The Morgan fingerprint density at radius 2 is 2.13 bits per heavy atom. The van der Waals surface area contributed by atoms with Crippen LogP contribution in [0.25, 0.3) is 0 Å². The number of aliphatic carboxylic acids is 1. The predicted molar refractivity (Wildman–Crippen MR) is 55.0 cm³/mol. The molecule has 0 saturated heterocycles. The van der Waals surface area contributed by atoms with E-state index in [4.69, 9.17) is 9.84 Å². The van der Waals surface area contributed by atoms with Gasteiger partial charge in [-0.2, -0.15) is 0 Å². The summed E-state index contributed by atoms with van der Waals surface area (Å²) in [4.78, 5) is 15.0. The van der Waals surface area contributed by atoms with Crippen LogP contribution in [0.4, 0.5) is 0 Å². The summed E-state index contributed by atoms with van der Waals surface area (Å²) in [6.45, 7) is 1.64. The number of hydrogen-bond acceptors (Lipinski definition) is 3. The molecule has 0 aliphatic carbocycles. The van der Waals surface area contributed by atoms with Crippen LogP contribution >= 0.6 is 0 Å². The van der Waals surface area contributed by atoms with Gasteiger partial charge in [-0.25, -0.2) is 9.79 Å². The second-order valence-electron chi connectivity index (χ2n) is 3.65. The smallest absolute Gasteiger partial charge is 0.335 e. The number of ether oxygens (including phenoxy) is 1. The van der Waals surface area contributed by atoms with Gasteiger partial charge in [-0.15, -0.1) is 0 Å². The maximum Gasteiger partial charge on any atom is 0.335 e. The van der Waals surface area contributed by atoms with Crippen LogP contribution < -0.4 is 0 Å². The molecule has 1 atom stereocenters. The van der Waals surface area contributed by atoms with Crippen molar-refractivity contribution in [3.8, 4) is 0 Å². The summed E-state index contributed by atoms with van der Waals surface area (Å²) in [7, 11) is 0. The van der Waals surface area contributed by atoms with Gasteiger partial charge in [0.2, 0.25) is 5.90 Å². The van der Waals surface area contributed by atoms with Gasteiger partial charge < -0.3 is 9.84 Å². The van der Waals surface area contributed by atoms with Crippen molar-refractivity contribution in [2.45, 2.75) is 12.5 Å². The van der Waals surface area contributed by atoms with Crippen LogP contribution in [0.15, 0.2) is 35.3 Å². The summed E-state index contributed by atoms with van der Waals surface area (Å²) in [5, 5.41) is 8.95. The maximum absolute atomic E-state index is 10.9. The zero-order valence-electron chi connectivity index (χ0n) is 8.30. The van der Waals surface area contributed by atoms with Gasteiger partial charge in [0.15, 0.2) is 5.54 Å². The van der Waals surface area contributed by atoms with Crippen LogP contribution in [0, 0.1) is 0 Å². The van der Waals surface area contributed by atoms with Crippen molar-refractivity contribution in [1.29, 1.82) is 0 Å². The van der Waals surface area contributed by atoms with Crippen molar-refractivity contribution in [3.05, 3.63) is 35.9 Å². The minimum Gasteiger partial charge on any atom is -0.479 e. The van der Waals surface area contributed by atoms with Crippen molar-refractivity contribution in [1.82, 2.24) is 0 Å². The Balaban J connectivity index is 2.32. The number of nitrogens with zero attached hydrogens (tertiary/aromatic N) is 1. The molecular formula is C11H11NO3. The molecule has 1 N–H and O–H groups in total. The lowest BCUT2D eigenvalue weighted by Crippen LogP contribution is -2.34. The monoisotopic (exact) mass is 205 g/mol. The van der Waals surface area contributed by atoms with Crippen molar-refractivity contribution in [2.24, 2.45) is 4.99 Å². The Morgan fingerprint density at radius 3 is 2.67 bits per heavy atom. The second kappa shape index (κ2) is 3.38. The van der Waals surface area contributed by atoms with Gasteiger partial charge in [-0.3, -0.25) is 0 Å². The highest BCUT2D eigenvalue weighted by Gasteiger charge is 2.39. The number of carboxylic acids is 1. The van der Waals surface area contributed by atoms with E-state index in [1.807, 2.05) is 30.3 Å². The van der Waals surface area contributed by atoms with E-state index in [2.05, 4.69) is 4.99 Å². The summed E-state index contributed by atoms with van der Waals surface area (Å²) < 4.78 is 5.29. The van der Waals surface area contributed by atoms with E-state index in [-0.39, 0.29) is 6.61 Å². The van der Waals surface area contributed by atoms with Crippen LogP contribution in [0.2, 0.25) is 0 Å². The third-order valence-corrected chi connectivity index (χ3v) is 2.32. The molecular weight excluding hydrogens is 194 g/mol. The summed E-state index contributed by atoms with van der Waals surface area (Å²) in [6, 6.07) is 9.28. The van der Waals surface area contributed by atoms with Gasteiger partial charge in [-0.1, -0.05) is 18.2 Å². The van der Waals surface area contributed by atoms with E-state index in [0.29, 0.717) is 5.90 Å². The Hall–Kier alpha value is -1.84. The Kier molecular flexibility index (Phi) is 2.19. The van der Waals surface area contributed by atoms with E-state index in [9.17, 15) is 4.79 Å². The molecule has 1 aliphatic heterocycles. The molecule has 0 fully saturated rings. The molecule has 4 nitrogen and oxygen atoms in total. The lowest BCUT2D eigenvalue weighted by Gasteiger charge is -2.10. The summed E-state index contributed by atoms with van der Waals surface area (Å²) in [5.41, 5.74) is -0.340. The fraction of sp³-hybridized carbons (Fsp3) is 0.273. The van der Waals surface area contributed by atoms with Gasteiger partial charge >= 0.3 is 5.97 Å².